The topological polar surface area (TPSA) is 68.3 Å². The fraction of sp³-hybridized carbons (Fsp3) is 0.273. The van der Waals surface area contributed by atoms with E-state index in [-0.39, 0.29) is 5.75 Å². The van der Waals surface area contributed by atoms with Gasteiger partial charge in [-0.15, -0.1) is 13.2 Å². The summed E-state index contributed by atoms with van der Waals surface area (Å²) in [5, 5.41) is 6.49. The molecular weight excluding hydrogens is 409 g/mol. The molecule has 9 heteroatoms. The Bertz CT molecular complexity index is 1050. The number of nitrogens with zero attached hydrogens (tertiary/aromatic N) is 2. The summed E-state index contributed by atoms with van der Waals surface area (Å²) in [6.07, 6.45) is -2.69. The average molecular weight is 430 g/mol. The third-order valence-electron chi connectivity index (χ3n) is 4.65. The number of hydrogen-bond acceptors (Lipinski definition) is 6. The lowest BCUT2D eigenvalue weighted by atomic mass is 10.1. The standard InChI is InChI=1S/C22H21F3N4O2/c1-30-19-8-3-2-5-15(19)13-26-20-12-18(28-21(29-20)27-16-9-10-16)14-6-4-7-17(11-14)31-22(23,24)25/h2-8,11-12,16H,9-10,13H2,1H3,(H2,26,27,28,29). The molecule has 0 saturated heterocycles. The molecule has 1 aliphatic carbocycles. The van der Waals surface area contributed by atoms with E-state index in [1.165, 1.54) is 18.2 Å². The van der Waals surface area contributed by atoms with Crippen molar-refractivity contribution >= 4 is 11.8 Å². The Labute approximate surface area is 177 Å². The fourth-order valence-electron chi connectivity index (χ4n) is 3.05. The van der Waals surface area contributed by atoms with Crippen molar-refractivity contribution in [1.82, 2.24) is 9.97 Å². The largest absolute Gasteiger partial charge is 0.573 e. The van der Waals surface area contributed by atoms with Crippen molar-refractivity contribution in [2.45, 2.75) is 31.8 Å². The predicted molar refractivity (Wildman–Crippen MR) is 111 cm³/mol. The summed E-state index contributed by atoms with van der Waals surface area (Å²) in [5.74, 6) is 1.41. The van der Waals surface area contributed by atoms with E-state index in [4.69, 9.17) is 4.74 Å². The highest BCUT2D eigenvalue weighted by atomic mass is 19.4. The summed E-state index contributed by atoms with van der Waals surface area (Å²) in [6, 6.07) is 15.4. The lowest BCUT2D eigenvalue weighted by Crippen LogP contribution is -2.17. The number of halogens is 3. The average Bonchev–Trinajstić information content (AvgIpc) is 3.55. The first kappa shape index (κ1) is 20.8. The Morgan fingerprint density at radius 2 is 1.84 bits per heavy atom. The minimum Gasteiger partial charge on any atom is -0.496 e. The Hall–Kier alpha value is -3.49. The van der Waals surface area contributed by atoms with E-state index in [1.807, 2.05) is 24.3 Å². The second-order valence-corrected chi connectivity index (χ2v) is 7.12. The highest BCUT2D eigenvalue weighted by Gasteiger charge is 2.31. The second-order valence-electron chi connectivity index (χ2n) is 7.12. The molecule has 0 amide bonds. The molecule has 0 unspecified atom stereocenters. The Balaban J connectivity index is 1.61. The maximum absolute atomic E-state index is 12.6. The van der Waals surface area contributed by atoms with Crippen LogP contribution in [0, 0.1) is 0 Å². The molecule has 0 spiro atoms. The molecule has 3 aromatic rings. The van der Waals surface area contributed by atoms with Gasteiger partial charge in [-0.05, 0) is 31.0 Å². The van der Waals surface area contributed by atoms with E-state index in [9.17, 15) is 13.2 Å². The van der Waals surface area contributed by atoms with Crippen LogP contribution in [0.1, 0.15) is 18.4 Å². The monoisotopic (exact) mass is 430 g/mol. The normalized spacial score (nSPS) is 13.5. The molecule has 1 fully saturated rings. The number of rotatable bonds is 8. The van der Waals surface area contributed by atoms with Crippen molar-refractivity contribution in [2.24, 2.45) is 0 Å². The van der Waals surface area contributed by atoms with E-state index in [1.54, 1.807) is 19.2 Å². The minimum atomic E-state index is -4.76. The van der Waals surface area contributed by atoms with Gasteiger partial charge in [0.1, 0.15) is 17.3 Å². The zero-order valence-electron chi connectivity index (χ0n) is 16.7. The molecule has 1 saturated carbocycles. The van der Waals surface area contributed by atoms with Crippen molar-refractivity contribution in [3.8, 4) is 22.8 Å². The first-order chi connectivity index (χ1) is 14.9. The van der Waals surface area contributed by atoms with Crippen LogP contribution in [-0.2, 0) is 6.54 Å². The highest BCUT2D eigenvalue weighted by Crippen LogP contribution is 2.30. The van der Waals surface area contributed by atoms with Crippen molar-refractivity contribution < 1.29 is 22.6 Å². The number of hydrogen-bond donors (Lipinski definition) is 2. The van der Waals surface area contributed by atoms with Crippen LogP contribution in [0.3, 0.4) is 0 Å². The van der Waals surface area contributed by atoms with E-state index in [2.05, 4.69) is 25.3 Å². The van der Waals surface area contributed by atoms with Crippen LogP contribution in [0.4, 0.5) is 24.9 Å². The molecule has 6 nitrogen and oxygen atoms in total. The maximum Gasteiger partial charge on any atom is 0.573 e. The number of alkyl halides is 3. The van der Waals surface area contributed by atoms with Gasteiger partial charge in [0.2, 0.25) is 5.95 Å². The smallest absolute Gasteiger partial charge is 0.496 e. The Morgan fingerprint density at radius 3 is 2.58 bits per heavy atom. The number of ether oxygens (including phenoxy) is 2. The molecule has 1 aromatic heterocycles. The molecule has 2 N–H and O–H groups in total. The molecule has 31 heavy (non-hydrogen) atoms. The number of anilines is 2. The number of nitrogens with one attached hydrogen (secondary N) is 2. The van der Waals surface area contributed by atoms with Gasteiger partial charge in [-0.25, -0.2) is 4.98 Å². The second kappa shape index (κ2) is 8.71. The number of para-hydroxylation sites is 1. The van der Waals surface area contributed by atoms with E-state index < -0.39 is 6.36 Å². The van der Waals surface area contributed by atoms with Crippen LogP contribution >= 0.6 is 0 Å². The summed E-state index contributed by atoms with van der Waals surface area (Å²) in [7, 11) is 1.61. The summed E-state index contributed by atoms with van der Waals surface area (Å²) in [5.41, 5.74) is 1.92. The summed E-state index contributed by atoms with van der Waals surface area (Å²) < 4.78 is 47.2. The van der Waals surface area contributed by atoms with Gasteiger partial charge in [0.05, 0.1) is 12.8 Å². The van der Waals surface area contributed by atoms with Gasteiger partial charge < -0.3 is 20.1 Å². The van der Waals surface area contributed by atoms with E-state index >= 15 is 0 Å². The first-order valence-electron chi connectivity index (χ1n) is 9.77. The van der Waals surface area contributed by atoms with Gasteiger partial charge in [0.25, 0.3) is 0 Å². The van der Waals surface area contributed by atoms with Gasteiger partial charge in [0.15, 0.2) is 0 Å². The molecule has 0 radical (unpaired) electrons. The van der Waals surface area contributed by atoms with Crippen molar-refractivity contribution in [3.05, 3.63) is 60.2 Å². The summed E-state index contributed by atoms with van der Waals surface area (Å²) in [6.45, 7) is 0.459. The number of aromatic nitrogens is 2. The van der Waals surface area contributed by atoms with Crippen LogP contribution in [0.15, 0.2) is 54.6 Å². The van der Waals surface area contributed by atoms with Crippen molar-refractivity contribution in [2.75, 3.05) is 17.7 Å². The maximum atomic E-state index is 12.6. The minimum absolute atomic E-state index is 0.302. The van der Waals surface area contributed by atoms with Crippen LogP contribution in [0.2, 0.25) is 0 Å². The molecule has 0 aliphatic heterocycles. The molecule has 0 bridgehead atoms. The first-order valence-corrected chi connectivity index (χ1v) is 9.77. The van der Waals surface area contributed by atoms with Crippen LogP contribution < -0.4 is 20.1 Å². The molecule has 1 aliphatic rings. The van der Waals surface area contributed by atoms with Gasteiger partial charge in [-0.3, -0.25) is 0 Å². The van der Waals surface area contributed by atoms with Crippen molar-refractivity contribution in [1.29, 1.82) is 0 Å². The SMILES string of the molecule is COc1ccccc1CNc1cc(-c2cccc(OC(F)(F)F)c2)nc(NC2CC2)n1. The molecule has 4 rings (SSSR count). The quantitative estimate of drug-likeness (QED) is 0.510. The zero-order valence-corrected chi connectivity index (χ0v) is 16.7. The van der Waals surface area contributed by atoms with E-state index in [0.29, 0.717) is 35.6 Å². The van der Waals surface area contributed by atoms with Crippen LogP contribution in [0.25, 0.3) is 11.3 Å². The number of benzene rings is 2. The van der Waals surface area contributed by atoms with Gasteiger partial charge in [-0.2, -0.15) is 4.98 Å². The van der Waals surface area contributed by atoms with Crippen LogP contribution in [-0.4, -0.2) is 29.5 Å². The van der Waals surface area contributed by atoms with Gasteiger partial charge >= 0.3 is 6.36 Å². The molecule has 162 valence electrons. The van der Waals surface area contributed by atoms with E-state index in [0.717, 1.165) is 24.2 Å². The van der Waals surface area contributed by atoms with Crippen molar-refractivity contribution in [3.63, 3.8) is 0 Å². The fourth-order valence-corrected chi connectivity index (χ4v) is 3.05. The van der Waals surface area contributed by atoms with Gasteiger partial charge in [-0.1, -0.05) is 30.3 Å². The molecular formula is C22H21F3N4O2. The Kier molecular flexibility index (Phi) is 5.83. The zero-order chi connectivity index (χ0) is 21.8. The molecule has 0 atom stereocenters. The summed E-state index contributed by atoms with van der Waals surface area (Å²) >= 11 is 0. The van der Waals surface area contributed by atoms with Crippen LogP contribution in [0.5, 0.6) is 11.5 Å². The Morgan fingerprint density at radius 1 is 1.03 bits per heavy atom. The predicted octanol–water partition coefficient (Wildman–Crippen LogP) is 5.24. The number of methoxy groups -OCH3 is 1. The van der Waals surface area contributed by atoms with Gasteiger partial charge in [0, 0.05) is 29.8 Å². The third-order valence-corrected chi connectivity index (χ3v) is 4.65. The molecule has 1 heterocycles. The lowest BCUT2D eigenvalue weighted by Gasteiger charge is -2.13. The molecule has 2 aromatic carbocycles. The third kappa shape index (κ3) is 5.78. The summed E-state index contributed by atoms with van der Waals surface area (Å²) in [4.78, 5) is 8.99. The highest BCUT2D eigenvalue weighted by molar-refractivity contribution is 5.66. The lowest BCUT2D eigenvalue weighted by molar-refractivity contribution is -0.274.